The number of aryl methyl sites for hydroxylation is 1. The summed E-state index contributed by atoms with van der Waals surface area (Å²) in [5.74, 6) is 0.516. The van der Waals surface area contributed by atoms with Gasteiger partial charge in [-0.3, -0.25) is 4.98 Å². The molecular formula is C25H30N4S. The Hall–Kier alpha value is -2.66. The topological polar surface area (TPSA) is 33.1 Å². The van der Waals surface area contributed by atoms with Gasteiger partial charge in [0.25, 0.3) is 0 Å². The zero-order valence-electron chi connectivity index (χ0n) is 18.2. The fraction of sp³-hybridized carbons (Fsp3) is 0.360. The number of nitrogens with zero attached hydrogens (tertiary/aromatic N) is 3. The largest absolute Gasteiger partial charge is 0.352 e. The summed E-state index contributed by atoms with van der Waals surface area (Å²) < 4.78 is 2.41. The van der Waals surface area contributed by atoms with Crippen molar-refractivity contribution in [3.8, 4) is 0 Å². The van der Waals surface area contributed by atoms with Crippen molar-refractivity contribution in [3.05, 3.63) is 89.0 Å². The highest BCUT2D eigenvalue weighted by atomic mass is 32.1. The van der Waals surface area contributed by atoms with Gasteiger partial charge in [0.2, 0.25) is 0 Å². The Bertz CT molecular complexity index is 1010. The third-order valence-corrected chi connectivity index (χ3v) is 6.23. The van der Waals surface area contributed by atoms with E-state index in [1.54, 1.807) is 0 Å². The van der Waals surface area contributed by atoms with Gasteiger partial charge in [0.15, 0.2) is 5.11 Å². The van der Waals surface area contributed by atoms with Crippen molar-refractivity contribution in [1.82, 2.24) is 19.8 Å². The van der Waals surface area contributed by atoms with Gasteiger partial charge in [0, 0.05) is 30.7 Å². The molecule has 0 spiro atoms. The van der Waals surface area contributed by atoms with Crippen LogP contribution in [0.15, 0.2) is 60.8 Å². The van der Waals surface area contributed by atoms with Gasteiger partial charge >= 0.3 is 0 Å². The number of aromatic nitrogens is 2. The number of thiocarbonyl (C=S) groups is 1. The second-order valence-corrected chi connectivity index (χ2v) is 8.96. The highest BCUT2D eigenvalue weighted by Crippen LogP contribution is 2.41. The molecule has 1 saturated heterocycles. The van der Waals surface area contributed by atoms with Gasteiger partial charge in [0.05, 0.1) is 17.8 Å². The van der Waals surface area contributed by atoms with E-state index < -0.39 is 0 Å². The molecule has 0 bridgehead atoms. The maximum absolute atomic E-state index is 5.78. The molecule has 3 aromatic rings. The van der Waals surface area contributed by atoms with Crippen LogP contribution in [0.2, 0.25) is 0 Å². The van der Waals surface area contributed by atoms with Crippen LogP contribution in [0, 0.1) is 19.8 Å². The van der Waals surface area contributed by atoms with E-state index in [2.05, 4.69) is 89.9 Å². The SMILES string of the molecule is Cc1cc([C@@H]2[C@@H](c3ccccn3)NC(=S)N2CC(C)C)c(C)n1Cc1ccccc1. The smallest absolute Gasteiger partial charge is 0.170 e. The van der Waals surface area contributed by atoms with Crippen LogP contribution in [0.3, 0.4) is 0 Å². The van der Waals surface area contributed by atoms with Crippen LogP contribution in [-0.2, 0) is 6.54 Å². The fourth-order valence-corrected chi connectivity index (χ4v) is 4.79. The third-order valence-electron chi connectivity index (χ3n) is 5.87. The molecule has 1 aromatic carbocycles. The van der Waals surface area contributed by atoms with Crippen molar-refractivity contribution in [2.45, 2.75) is 46.3 Å². The zero-order valence-corrected chi connectivity index (χ0v) is 19.0. The molecule has 1 N–H and O–H groups in total. The summed E-state index contributed by atoms with van der Waals surface area (Å²) in [6.45, 7) is 10.7. The third kappa shape index (κ3) is 3.99. The fourth-order valence-electron chi connectivity index (χ4n) is 4.47. The zero-order chi connectivity index (χ0) is 21.3. The van der Waals surface area contributed by atoms with Crippen LogP contribution >= 0.6 is 12.2 Å². The second kappa shape index (κ2) is 8.60. The quantitative estimate of drug-likeness (QED) is 0.560. The van der Waals surface area contributed by atoms with Crippen molar-refractivity contribution in [2.75, 3.05) is 6.54 Å². The standard InChI is InChI=1S/C25H30N4S/c1-17(2)15-29-24(23(27-25(29)30)22-12-8-9-13-26-22)21-14-18(3)28(19(21)4)16-20-10-6-5-7-11-20/h5-14,17,23-24H,15-16H2,1-4H3,(H,27,30)/t23-,24-/m1/s1. The molecule has 4 nitrogen and oxygen atoms in total. The molecule has 2 aromatic heterocycles. The molecule has 30 heavy (non-hydrogen) atoms. The van der Waals surface area contributed by atoms with E-state index in [9.17, 15) is 0 Å². The van der Waals surface area contributed by atoms with Crippen LogP contribution in [0.4, 0.5) is 0 Å². The first kappa shape index (κ1) is 20.6. The maximum atomic E-state index is 5.78. The van der Waals surface area contributed by atoms with E-state index in [4.69, 9.17) is 12.2 Å². The summed E-state index contributed by atoms with van der Waals surface area (Å²) in [6.07, 6.45) is 1.86. The number of hydrogen-bond donors (Lipinski definition) is 1. The Morgan fingerprint density at radius 3 is 2.47 bits per heavy atom. The van der Waals surface area contributed by atoms with Gasteiger partial charge in [-0.05, 0) is 61.3 Å². The molecule has 4 rings (SSSR count). The van der Waals surface area contributed by atoms with Gasteiger partial charge in [0.1, 0.15) is 0 Å². The van der Waals surface area contributed by atoms with E-state index in [0.29, 0.717) is 5.92 Å². The van der Waals surface area contributed by atoms with Crippen molar-refractivity contribution in [1.29, 1.82) is 0 Å². The Balaban J connectivity index is 1.76. The first-order valence-corrected chi connectivity index (χ1v) is 11.0. The summed E-state index contributed by atoms with van der Waals surface area (Å²) >= 11 is 5.78. The predicted molar refractivity (Wildman–Crippen MR) is 126 cm³/mol. The normalized spacial score (nSPS) is 18.8. The van der Waals surface area contributed by atoms with E-state index >= 15 is 0 Å². The highest BCUT2D eigenvalue weighted by molar-refractivity contribution is 7.80. The van der Waals surface area contributed by atoms with Gasteiger partial charge in [-0.15, -0.1) is 0 Å². The van der Waals surface area contributed by atoms with E-state index in [0.717, 1.165) is 23.9 Å². The van der Waals surface area contributed by atoms with Gasteiger partial charge < -0.3 is 14.8 Å². The minimum Gasteiger partial charge on any atom is -0.352 e. The molecule has 0 unspecified atom stereocenters. The first-order valence-electron chi connectivity index (χ1n) is 10.6. The molecule has 1 fully saturated rings. The molecule has 3 heterocycles. The van der Waals surface area contributed by atoms with Crippen molar-refractivity contribution in [2.24, 2.45) is 5.92 Å². The Morgan fingerprint density at radius 2 is 1.80 bits per heavy atom. The number of rotatable bonds is 6. The van der Waals surface area contributed by atoms with E-state index in [-0.39, 0.29) is 12.1 Å². The van der Waals surface area contributed by atoms with Gasteiger partial charge in [-0.25, -0.2) is 0 Å². The van der Waals surface area contributed by atoms with Crippen molar-refractivity contribution >= 4 is 17.3 Å². The lowest BCUT2D eigenvalue weighted by atomic mass is 9.96. The van der Waals surface area contributed by atoms with Crippen molar-refractivity contribution in [3.63, 3.8) is 0 Å². The monoisotopic (exact) mass is 418 g/mol. The molecule has 1 aliphatic rings. The summed E-state index contributed by atoms with van der Waals surface area (Å²) in [6, 6.07) is 19.3. The number of hydrogen-bond acceptors (Lipinski definition) is 2. The summed E-state index contributed by atoms with van der Waals surface area (Å²) in [5.41, 5.74) is 6.23. The lowest BCUT2D eigenvalue weighted by molar-refractivity contribution is 0.286. The minimum absolute atomic E-state index is 0.0446. The molecule has 5 heteroatoms. The van der Waals surface area contributed by atoms with Crippen LogP contribution < -0.4 is 5.32 Å². The Kier molecular flexibility index (Phi) is 5.91. The van der Waals surface area contributed by atoms with E-state index in [1.807, 2.05) is 18.3 Å². The number of benzene rings is 1. The van der Waals surface area contributed by atoms with Crippen molar-refractivity contribution < 1.29 is 0 Å². The molecule has 2 atom stereocenters. The lowest BCUT2D eigenvalue weighted by Gasteiger charge is -2.29. The second-order valence-electron chi connectivity index (χ2n) is 8.57. The molecule has 0 saturated carbocycles. The highest BCUT2D eigenvalue weighted by Gasteiger charge is 2.41. The summed E-state index contributed by atoms with van der Waals surface area (Å²) in [5, 5.41) is 4.38. The number of nitrogens with one attached hydrogen (secondary N) is 1. The predicted octanol–water partition coefficient (Wildman–Crippen LogP) is 5.18. The van der Waals surface area contributed by atoms with Crippen LogP contribution in [-0.4, -0.2) is 26.1 Å². The van der Waals surface area contributed by atoms with Crippen LogP contribution in [0.1, 0.15) is 54.1 Å². The minimum atomic E-state index is 0.0446. The molecule has 0 aliphatic carbocycles. The molecule has 0 radical (unpaired) electrons. The van der Waals surface area contributed by atoms with Gasteiger partial charge in [-0.1, -0.05) is 50.2 Å². The Morgan fingerprint density at radius 1 is 1.07 bits per heavy atom. The summed E-state index contributed by atoms with van der Waals surface area (Å²) in [4.78, 5) is 7.01. The Labute approximate surface area is 184 Å². The van der Waals surface area contributed by atoms with Crippen LogP contribution in [0.5, 0.6) is 0 Å². The molecule has 0 amide bonds. The average molecular weight is 419 g/mol. The molecule has 1 aliphatic heterocycles. The molecular weight excluding hydrogens is 388 g/mol. The maximum Gasteiger partial charge on any atom is 0.170 e. The van der Waals surface area contributed by atoms with Gasteiger partial charge in [-0.2, -0.15) is 0 Å². The van der Waals surface area contributed by atoms with Crippen LogP contribution in [0.25, 0.3) is 0 Å². The molecule has 156 valence electrons. The number of pyridine rings is 1. The van der Waals surface area contributed by atoms with E-state index in [1.165, 1.54) is 22.5 Å². The first-order chi connectivity index (χ1) is 14.5. The average Bonchev–Trinajstić information content (AvgIpc) is 3.20. The summed E-state index contributed by atoms with van der Waals surface area (Å²) in [7, 11) is 0. The lowest BCUT2D eigenvalue weighted by Crippen LogP contribution is -2.33.